The molecule has 1 N–H and O–H groups in total. The SMILES string of the molecule is C=CCN(CC)S(=O)(=O)c1ccc(OCCC)c(CO)c1. The second-order valence-electron chi connectivity index (χ2n) is 4.52. The van der Waals surface area contributed by atoms with Crippen molar-refractivity contribution in [3.05, 3.63) is 36.4 Å². The molecule has 0 spiro atoms. The number of aliphatic hydroxyl groups is 1. The zero-order chi connectivity index (χ0) is 15.9. The van der Waals surface area contributed by atoms with Gasteiger partial charge in [-0.1, -0.05) is 19.9 Å². The smallest absolute Gasteiger partial charge is 0.243 e. The Balaban J connectivity index is 3.16. The van der Waals surface area contributed by atoms with Gasteiger partial charge in [0, 0.05) is 18.7 Å². The van der Waals surface area contributed by atoms with Crippen LogP contribution >= 0.6 is 0 Å². The van der Waals surface area contributed by atoms with Crippen LogP contribution < -0.4 is 4.74 Å². The fraction of sp³-hybridized carbons (Fsp3) is 0.467. The molecule has 6 heteroatoms. The van der Waals surface area contributed by atoms with Crippen LogP contribution in [0.1, 0.15) is 25.8 Å². The number of hydrogen-bond donors (Lipinski definition) is 1. The molecule has 5 nitrogen and oxygen atoms in total. The van der Waals surface area contributed by atoms with E-state index in [2.05, 4.69) is 6.58 Å². The van der Waals surface area contributed by atoms with Crippen molar-refractivity contribution in [3.63, 3.8) is 0 Å². The summed E-state index contributed by atoms with van der Waals surface area (Å²) in [6, 6.07) is 4.56. The zero-order valence-electron chi connectivity index (χ0n) is 12.6. The molecule has 0 saturated heterocycles. The predicted octanol–water partition coefficient (Wildman–Crippen LogP) is 2.16. The summed E-state index contributed by atoms with van der Waals surface area (Å²) in [5, 5.41) is 9.40. The summed E-state index contributed by atoms with van der Waals surface area (Å²) in [4.78, 5) is 0.152. The van der Waals surface area contributed by atoms with E-state index in [4.69, 9.17) is 4.74 Å². The van der Waals surface area contributed by atoms with Gasteiger partial charge in [0.1, 0.15) is 5.75 Å². The van der Waals surface area contributed by atoms with E-state index < -0.39 is 10.0 Å². The van der Waals surface area contributed by atoms with Gasteiger partial charge in [0.2, 0.25) is 10.0 Å². The van der Waals surface area contributed by atoms with Crippen LogP contribution in [0.25, 0.3) is 0 Å². The molecule has 1 aromatic rings. The third kappa shape index (κ3) is 4.30. The molecular weight excluding hydrogens is 290 g/mol. The van der Waals surface area contributed by atoms with E-state index in [0.717, 1.165) is 6.42 Å². The highest BCUT2D eigenvalue weighted by Gasteiger charge is 2.23. The largest absolute Gasteiger partial charge is 0.493 e. The Morgan fingerprint density at radius 2 is 2.10 bits per heavy atom. The monoisotopic (exact) mass is 313 g/mol. The van der Waals surface area contributed by atoms with Crippen molar-refractivity contribution in [2.45, 2.75) is 31.8 Å². The fourth-order valence-corrected chi connectivity index (χ4v) is 3.35. The third-order valence-corrected chi connectivity index (χ3v) is 4.92. The van der Waals surface area contributed by atoms with E-state index in [1.54, 1.807) is 19.1 Å². The van der Waals surface area contributed by atoms with Gasteiger partial charge >= 0.3 is 0 Å². The molecular formula is C15H23NO4S. The van der Waals surface area contributed by atoms with Gasteiger partial charge < -0.3 is 9.84 Å². The van der Waals surface area contributed by atoms with Crippen LogP contribution in [0, 0.1) is 0 Å². The Bertz CT molecular complexity index is 569. The maximum atomic E-state index is 12.5. The van der Waals surface area contributed by atoms with E-state index in [0.29, 0.717) is 24.5 Å². The van der Waals surface area contributed by atoms with Crippen molar-refractivity contribution in [2.24, 2.45) is 0 Å². The van der Waals surface area contributed by atoms with Crippen LogP contribution in [-0.2, 0) is 16.6 Å². The summed E-state index contributed by atoms with van der Waals surface area (Å²) < 4.78 is 31.8. The van der Waals surface area contributed by atoms with E-state index in [9.17, 15) is 13.5 Å². The molecule has 21 heavy (non-hydrogen) atoms. The Labute approximate surface area is 126 Å². The lowest BCUT2D eigenvalue weighted by Crippen LogP contribution is -2.31. The first-order valence-electron chi connectivity index (χ1n) is 6.98. The van der Waals surface area contributed by atoms with Gasteiger partial charge in [0.15, 0.2) is 0 Å². The van der Waals surface area contributed by atoms with Crippen molar-refractivity contribution in [1.82, 2.24) is 4.31 Å². The average molecular weight is 313 g/mol. The number of sulfonamides is 1. The Morgan fingerprint density at radius 1 is 1.38 bits per heavy atom. The molecule has 0 aromatic heterocycles. The Kier molecular flexibility index (Phi) is 6.87. The molecule has 0 saturated carbocycles. The number of aliphatic hydroxyl groups excluding tert-OH is 1. The van der Waals surface area contributed by atoms with Crippen LogP contribution in [0.2, 0.25) is 0 Å². The number of ether oxygens (including phenoxy) is 1. The second-order valence-corrected chi connectivity index (χ2v) is 6.46. The van der Waals surface area contributed by atoms with Crippen molar-refractivity contribution in [1.29, 1.82) is 0 Å². The van der Waals surface area contributed by atoms with E-state index in [1.165, 1.54) is 16.4 Å². The molecule has 0 aliphatic carbocycles. The highest BCUT2D eigenvalue weighted by atomic mass is 32.2. The summed E-state index contributed by atoms with van der Waals surface area (Å²) in [5.41, 5.74) is 0.471. The van der Waals surface area contributed by atoms with Crippen molar-refractivity contribution >= 4 is 10.0 Å². The van der Waals surface area contributed by atoms with Gasteiger partial charge in [-0.3, -0.25) is 0 Å². The lowest BCUT2D eigenvalue weighted by atomic mass is 10.2. The molecule has 118 valence electrons. The van der Waals surface area contributed by atoms with Crippen LogP contribution in [0.15, 0.2) is 35.7 Å². The molecule has 0 aliphatic heterocycles. The molecule has 0 radical (unpaired) electrons. The summed E-state index contributed by atoms with van der Waals surface area (Å²) in [6.45, 7) is 8.19. The van der Waals surface area contributed by atoms with Crippen LogP contribution in [0.5, 0.6) is 5.75 Å². The summed E-state index contributed by atoms with van der Waals surface area (Å²) in [5.74, 6) is 0.519. The van der Waals surface area contributed by atoms with E-state index in [-0.39, 0.29) is 18.0 Å². The minimum absolute atomic E-state index is 0.152. The molecule has 0 atom stereocenters. The molecule has 0 heterocycles. The van der Waals surface area contributed by atoms with Gasteiger partial charge in [-0.05, 0) is 24.6 Å². The molecule has 0 aliphatic rings. The highest BCUT2D eigenvalue weighted by Crippen LogP contribution is 2.25. The average Bonchev–Trinajstić information content (AvgIpc) is 2.49. The minimum atomic E-state index is -3.59. The van der Waals surface area contributed by atoms with Crippen LogP contribution in [-0.4, -0.2) is 37.5 Å². The third-order valence-electron chi connectivity index (χ3n) is 2.99. The number of hydrogen-bond acceptors (Lipinski definition) is 4. The molecule has 0 bridgehead atoms. The standard InChI is InChI=1S/C15H23NO4S/c1-4-9-16(6-3)21(18,19)14-7-8-15(20-10-5-2)13(11-14)12-17/h4,7-8,11,17H,1,5-6,9-10,12H2,2-3H3. The Morgan fingerprint density at radius 3 is 2.62 bits per heavy atom. The Hall–Kier alpha value is -1.37. The maximum absolute atomic E-state index is 12.5. The van der Waals surface area contributed by atoms with Gasteiger partial charge in [-0.15, -0.1) is 6.58 Å². The first-order valence-corrected chi connectivity index (χ1v) is 8.42. The molecule has 1 aromatic carbocycles. The fourth-order valence-electron chi connectivity index (χ4n) is 1.88. The van der Waals surface area contributed by atoms with Crippen LogP contribution in [0.4, 0.5) is 0 Å². The highest BCUT2D eigenvalue weighted by molar-refractivity contribution is 7.89. The van der Waals surface area contributed by atoms with Crippen molar-refractivity contribution in [3.8, 4) is 5.75 Å². The van der Waals surface area contributed by atoms with Gasteiger partial charge in [-0.25, -0.2) is 8.42 Å². The number of benzene rings is 1. The van der Waals surface area contributed by atoms with E-state index >= 15 is 0 Å². The van der Waals surface area contributed by atoms with E-state index in [1.807, 2.05) is 6.92 Å². The summed E-state index contributed by atoms with van der Waals surface area (Å²) in [7, 11) is -3.59. The lowest BCUT2D eigenvalue weighted by Gasteiger charge is -2.19. The van der Waals surface area contributed by atoms with Gasteiger partial charge in [0.05, 0.1) is 18.1 Å². The van der Waals surface area contributed by atoms with Crippen molar-refractivity contribution in [2.75, 3.05) is 19.7 Å². The summed E-state index contributed by atoms with van der Waals surface area (Å²) in [6.07, 6.45) is 2.39. The molecule has 0 fully saturated rings. The van der Waals surface area contributed by atoms with Gasteiger partial charge in [-0.2, -0.15) is 4.31 Å². The quantitative estimate of drug-likeness (QED) is 0.710. The lowest BCUT2D eigenvalue weighted by molar-refractivity contribution is 0.262. The first kappa shape index (κ1) is 17.7. The molecule has 0 unspecified atom stereocenters. The number of rotatable bonds is 9. The van der Waals surface area contributed by atoms with Gasteiger partial charge in [0.25, 0.3) is 0 Å². The summed E-state index contributed by atoms with van der Waals surface area (Å²) >= 11 is 0. The van der Waals surface area contributed by atoms with Crippen LogP contribution in [0.3, 0.4) is 0 Å². The normalized spacial score (nSPS) is 11.6. The maximum Gasteiger partial charge on any atom is 0.243 e. The molecule has 0 amide bonds. The topological polar surface area (TPSA) is 66.8 Å². The number of likely N-dealkylation sites (N-methyl/N-ethyl adjacent to an activating group) is 1. The first-order chi connectivity index (χ1) is 10.0. The minimum Gasteiger partial charge on any atom is -0.493 e. The molecule has 1 rings (SSSR count). The van der Waals surface area contributed by atoms with Crippen molar-refractivity contribution < 1.29 is 18.3 Å². The second kappa shape index (κ2) is 8.17. The zero-order valence-corrected chi connectivity index (χ0v) is 13.4. The number of nitrogens with zero attached hydrogens (tertiary/aromatic N) is 1. The predicted molar refractivity (Wildman–Crippen MR) is 82.8 cm³/mol.